The number of fused-ring (bicyclic) bond motifs is 3. The first-order chi connectivity index (χ1) is 64.4. The van der Waals surface area contributed by atoms with E-state index in [4.69, 9.17) is 98.1 Å². The molecule has 736 valence electrons. The van der Waals surface area contributed by atoms with E-state index in [0.717, 1.165) is 42.1 Å². The maximum atomic E-state index is 14.4. The Bertz CT molecular complexity index is 5500. The Morgan fingerprint density at radius 1 is 0.456 bits per heavy atom. The lowest BCUT2D eigenvalue weighted by Gasteiger charge is -2.46. The Labute approximate surface area is 786 Å². The van der Waals surface area contributed by atoms with Crippen molar-refractivity contribution >= 4 is 76.1 Å². The Morgan fingerprint density at radius 3 is 1.07 bits per heavy atom. The summed E-state index contributed by atoms with van der Waals surface area (Å²) in [6.45, 7) is 11.5. The minimum absolute atomic E-state index is 0. The third-order valence-electron chi connectivity index (χ3n) is 19.3. The van der Waals surface area contributed by atoms with Crippen LogP contribution in [-0.4, -0.2) is 198 Å². The van der Waals surface area contributed by atoms with E-state index < -0.39 is 92.4 Å². The first-order valence-electron chi connectivity index (χ1n) is 39.1. The van der Waals surface area contributed by atoms with E-state index in [1.165, 1.54) is 170 Å². The Morgan fingerprint density at radius 2 is 0.779 bits per heavy atom. The predicted octanol–water partition coefficient (Wildman–Crippen LogP) is 16.0. The third-order valence-corrected chi connectivity index (χ3v) is 20.2. The molecule has 0 saturated carbocycles. The number of aldehydes is 2. The highest BCUT2D eigenvalue weighted by molar-refractivity contribution is 6.28. The number of anilines is 3. The molecule has 3 fully saturated rings. The smallest absolute Gasteiger partial charge is 0.293 e. The summed E-state index contributed by atoms with van der Waals surface area (Å²) in [5, 5.41) is 41.8. The number of nitrogen functional groups attached to an aromatic ring is 1. The van der Waals surface area contributed by atoms with Crippen molar-refractivity contribution in [3.8, 4) is 86.2 Å². The van der Waals surface area contributed by atoms with E-state index in [2.05, 4.69) is 54.2 Å². The molecule has 0 spiro atoms. The molecule has 6 heterocycles. The van der Waals surface area contributed by atoms with E-state index in [1.54, 1.807) is 82.4 Å². The number of aryl methyl sites for hydroxylation is 2. The molecule has 3 aliphatic heterocycles. The number of rotatable bonds is 27. The number of aromatic nitrogens is 6. The molecule has 48 heteroatoms. The van der Waals surface area contributed by atoms with Crippen LogP contribution < -0.4 is 82.3 Å². The first-order valence-corrected chi connectivity index (χ1v) is 40.4. The number of aliphatic hydroxyl groups is 1. The number of alkyl halides is 1. The minimum Gasteiger partial charge on any atom is -0.505 e. The lowest BCUT2D eigenvalue weighted by atomic mass is 10.1. The van der Waals surface area contributed by atoms with Crippen molar-refractivity contribution in [3.63, 3.8) is 0 Å². The van der Waals surface area contributed by atoms with Crippen molar-refractivity contribution in [2.75, 3.05) is 142 Å². The molecule has 6 N–H and O–H groups in total. The zero-order valence-electron chi connectivity index (χ0n) is 75.5. The molecule has 3 aromatic heterocycles. The number of hydrogen-bond acceptors (Lipinski definition) is 30. The number of carbonyl (C=O) groups excluding carboxylic acids is 2. The fraction of sp³-hybridized carbons (Fsp3) is 0.295. The summed E-state index contributed by atoms with van der Waals surface area (Å²) in [6, 6.07) is 20.8. The summed E-state index contributed by atoms with van der Waals surface area (Å²) < 4.78 is 206. The van der Waals surface area contributed by atoms with Gasteiger partial charge in [-0.25, -0.2) is 73.8 Å². The summed E-state index contributed by atoms with van der Waals surface area (Å²) in [5.74, 6) is -8.45. The number of aromatic hydroxyl groups is 1. The van der Waals surface area contributed by atoms with Gasteiger partial charge in [-0.15, -0.1) is 0 Å². The van der Waals surface area contributed by atoms with Gasteiger partial charge in [0.2, 0.25) is 16.5 Å². The average molecular weight is 1990 g/mol. The summed E-state index contributed by atoms with van der Waals surface area (Å²) in [7, 11) is 15.7. The third kappa shape index (κ3) is 31.7. The highest BCUT2D eigenvalue weighted by Gasteiger charge is 2.40. The van der Waals surface area contributed by atoms with Gasteiger partial charge in [0.15, 0.2) is 145 Å². The van der Waals surface area contributed by atoms with Gasteiger partial charge in [-0.05, 0) is 66.7 Å². The molecular formula is C88H96Cl3F11N12O22+2. The van der Waals surface area contributed by atoms with Crippen molar-refractivity contribution in [1.82, 2.24) is 29.9 Å². The number of aliphatic hydroxyl groups excluding tert-OH is 1. The number of nitrogens with one attached hydrogen (secondary N) is 2. The van der Waals surface area contributed by atoms with Gasteiger partial charge in [-0.2, -0.15) is 0 Å². The SMILES string of the molecule is CCc1c(F)c(OC)cc(OC)c1F.COc1cc(C=O)cc(OC)c1.COc1cc(OC)c(F)c(C=O)c1F.COc1cc(OC)c(F)c(CO)c1F.COc1cc(OC)c(F)c(COc2cnc(Cl)nc2)c1F.COc1cc(OC)c(F)c(COc2cnc(Nc3c(C)cccc3[N+](=O)[O-])nc2)c1F.Cc1cccc([N+](=O)[O-])c1N.ClC[N+]12CC[NH+](CC1)CC2.F.Oc1cnc(Cl)nc1. The van der Waals surface area contributed by atoms with Crippen LogP contribution >= 0.6 is 34.8 Å². The van der Waals surface area contributed by atoms with Gasteiger partial charge in [0, 0.05) is 59.7 Å². The van der Waals surface area contributed by atoms with Crippen LogP contribution in [0.3, 0.4) is 0 Å². The van der Waals surface area contributed by atoms with Crippen molar-refractivity contribution in [2.45, 2.75) is 47.0 Å². The molecule has 11 aromatic rings. The highest BCUT2D eigenvalue weighted by Crippen LogP contribution is 2.38. The van der Waals surface area contributed by atoms with Gasteiger partial charge in [0.05, 0.1) is 161 Å². The Balaban J connectivity index is 0.000000329. The molecule has 3 saturated heterocycles. The number of ether oxygens (including phenoxy) is 14. The number of methoxy groups -OCH3 is 12. The summed E-state index contributed by atoms with van der Waals surface area (Å²) in [4.78, 5) is 65.6. The normalized spacial score (nSPS) is 12.6. The minimum atomic E-state index is -1.03. The van der Waals surface area contributed by atoms with Crippen LogP contribution in [0.5, 0.6) is 86.2 Å². The number of nitrogens with zero attached hydrogens (tertiary/aromatic N) is 9. The fourth-order valence-electron chi connectivity index (χ4n) is 11.8. The second kappa shape index (κ2) is 56.7. The number of para-hydroxylation sites is 2. The van der Waals surface area contributed by atoms with Crippen molar-refractivity contribution < 1.29 is 154 Å². The van der Waals surface area contributed by atoms with Crippen molar-refractivity contribution in [1.29, 1.82) is 0 Å². The number of piperazine rings is 3. The highest BCUT2D eigenvalue weighted by atomic mass is 35.5. The second-order valence-electron chi connectivity index (χ2n) is 27.2. The van der Waals surface area contributed by atoms with Gasteiger partial charge in [-0.3, -0.25) is 39.0 Å². The number of benzene rings is 8. The van der Waals surface area contributed by atoms with E-state index in [0.29, 0.717) is 22.6 Å². The zero-order valence-corrected chi connectivity index (χ0v) is 77.7. The molecule has 0 amide bonds. The van der Waals surface area contributed by atoms with Crippen LogP contribution in [0.15, 0.2) is 122 Å². The van der Waals surface area contributed by atoms with Gasteiger partial charge < -0.3 is 92.5 Å². The number of nitro benzene ring substituents is 2. The zero-order chi connectivity index (χ0) is 101. The van der Waals surface area contributed by atoms with Crippen LogP contribution in [0.25, 0.3) is 0 Å². The number of halogens is 14. The Hall–Kier alpha value is -14.3. The average Bonchev–Trinajstić information content (AvgIpc) is 0.801. The molecule has 8 aromatic carbocycles. The topological polar surface area (TPSA) is 410 Å². The number of nitrogens with two attached hydrogens (primary N) is 1. The van der Waals surface area contributed by atoms with E-state index in [1.807, 2.05) is 0 Å². The molecule has 0 unspecified atom stereocenters. The summed E-state index contributed by atoms with van der Waals surface area (Å²) in [6.07, 6.45) is 8.68. The van der Waals surface area contributed by atoms with Gasteiger partial charge in [0.1, 0.15) is 81.6 Å². The fourth-order valence-corrected chi connectivity index (χ4v) is 12.3. The molecule has 0 atom stereocenters. The maximum Gasteiger partial charge on any atom is 0.293 e. The van der Waals surface area contributed by atoms with Crippen LogP contribution in [0.2, 0.25) is 10.6 Å². The summed E-state index contributed by atoms with van der Waals surface area (Å²) >= 11 is 16.7. The predicted molar refractivity (Wildman–Crippen MR) is 476 cm³/mol. The monoisotopic (exact) mass is 1990 g/mol. The van der Waals surface area contributed by atoms with Crippen molar-refractivity contribution in [3.05, 3.63) is 256 Å². The number of nitro groups is 2. The molecule has 0 aliphatic carbocycles. The maximum absolute atomic E-state index is 14.4. The lowest BCUT2D eigenvalue weighted by Crippen LogP contribution is -3.19. The van der Waals surface area contributed by atoms with E-state index in [9.17, 15) is 73.7 Å². The molecule has 34 nitrogen and oxygen atoms in total. The van der Waals surface area contributed by atoms with Crippen LogP contribution in [-0.2, 0) is 26.2 Å². The van der Waals surface area contributed by atoms with Gasteiger partial charge in [0.25, 0.3) is 11.4 Å². The molecule has 2 bridgehead atoms. The van der Waals surface area contributed by atoms with Crippen LogP contribution in [0, 0.1) is 92.2 Å². The molecule has 136 heavy (non-hydrogen) atoms. The number of carbonyl (C=O) groups is 2. The number of quaternary nitrogens is 2. The Kier molecular flexibility index (Phi) is 47.5. The number of hydrogen-bond donors (Lipinski definition) is 5. The van der Waals surface area contributed by atoms with Gasteiger partial charge in [-0.1, -0.05) is 42.8 Å². The molecular weight excluding hydrogens is 1890 g/mol. The quantitative estimate of drug-likeness (QED) is 0.00367. The lowest BCUT2D eigenvalue weighted by molar-refractivity contribution is -1.07. The van der Waals surface area contributed by atoms with E-state index in [-0.39, 0.29) is 155 Å². The standard InChI is InChI=1S/C20H18F2N4O5.C13H11ClF2N2O3.C10H12F2O2.C9H10F2O3.C9H8F2O3.C9H10O3.C7H14ClN2.C7H8N2O2.C4H3ClN2O.FH/c1-11-5-4-6-14(26(27)28)19(11)25-20-23-8-12(9-24-20)31-10-13-17(21)15(29-2)7-16(30-3)18(13)22;1-19-9-3-10(20-2)12(16)8(11(9)15)6-21-7-4-17-13(14)18-5-7;1-4-6-9(11)7(13-2)5-8(14-3)10(6)12;2*1-13-6-3-7(14-2)9(11)5(4-12)8(6)10;1-11-8-3-7(6-10)4-9(5-8)12-2;8-7-10-4-1-9(2-5-10)3-6-10;1-5-3-2-4-6(7(5)8)9(10)11;5-4-6-1-3(8)2-7-4;/h4-9H,10H2,1-3H3,(H,23,24,25);3-5H,6H2,1-2H3;5H,4H2,1-3H3;3,12H,4H2,1-2H3;3-4H,1-2H3;3-6H,1-2H3;1-7H2;2-4H,8H2,1H3;1-2,8H;1H/q;;;;;;+1;;;/p+1. The van der Waals surface area contributed by atoms with Gasteiger partial charge >= 0.3 is 0 Å². The second-order valence-corrected chi connectivity index (χ2v) is 28.1. The largest absolute Gasteiger partial charge is 0.505 e. The van der Waals surface area contributed by atoms with Crippen LogP contribution in [0.1, 0.15) is 61.0 Å². The van der Waals surface area contributed by atoms with E-state index >= 15 is 0 Å². The van der Waals surface area contributed by atoms with Crippen LogP contribution in [0.4, 0.5) is 77.3 Å². The first kappa shape index (κ1) is 114. The molecule has 0 radical (unpaired) electrons. The van der Waals surface area contributed by atoms with Crippen molar-refractivity contribution in [2.24, 2.45) is 0 Å². The molecule has 3 aliphatic rings. The summed E-state index contributed by atoms with van der Waals surface area (Å²) in [5.41, 5.74) is 5.86. The molecule has 14 rings (SSSR count).